The third-order valence-electron chi connectivity index (χ3n) is 7.38. The first-order valence-electron chi connectivity index (χ1n) is 13.6. The van der Waals surface area contributed by atoms with E-state index in [1.807, 2.05) is 123 Å². The Morgan fingerprint density at radius 3 is 1.76 bits per heavy atom. The van der Waals surface area contributed by atoms with Crippen molar-refractivity contribution >= 4 is 11.6 Å². The van der Waals surface area contributed by atoms with Gasteiger partial charge in [0.15, 0.2) is 0 Å². The zero-order valence-electron chi connectivity index (χ0n) is 23.2. The van der Waals surface area contributed by atoms with Crippen molar-refractivity contribution in [3.05, 3.63) is 169 Å². The number of para-hydroxylation sites is 2. The van der Waals surface area contributed by atoms with E-state index in [2.05, 4.69) is 10.2 Å². The minimum absolute atomic E-state index is 0.225. The lowest BCUT2D eigenvalue weighted by atomic mass is 9.85. The molecular formula is C34H29ClN4O3. The summed E-state index contributed by atoms with van der Waals surface area (Å²) < 4.78 is 9.18. The topological polar surface area (TPSA) is 84.8 Å². The van der Waals surface area contributed by atoms with Crippen molar-refractivity contribution in [2.24, 2.45) is 0 Å². The first-order valence-corrected chi connectivity index (χ1v) is 14.0. The summed E-state index contributed by atoms with van der Waals surface area (Å²) in [6, 6.07) is 33.8. The van der Waals surface area contributed by atoms with Crippen LogP contribution in [0.15, 0.2) is 119 Å². The SMILES string of the molecule is Cc1[nH]n(-c2ccccc2)c(=O)c1C(c1cccc(OCc2ccccc2Cl)c1)c1c(C)[nH]n(-c2ccccc2)c1=O. The molecule has 0 saturated heterocycles. The maximum absolute atomic E-state index is 14.1. The molecule has 0 aliphatic heterocycles. The van der Waals surface area contributed by atoms with Gasteiger partial charge in [-0.1, -0.05) is 78.3 Å². The molecule has 2 aromatic heterocycles. The monoisotopic (exact) mass is 576 g/mol. The number of rotatable bonds is 8. The van der Waals surface area contributed by atoms with Crippen molar-refractivity contribution in [3.8, 4) is 17.1 Å². The van der Waals surface area contributed by atoms with E-state index >= 15 is 0 Å². The Labute approximate surface area is 247 Å². The van der Waals surface area contributed by atoms with Gasteiger partial charge in [0, 0.05) is 27.9 Å². The van der Waals surface area contributed by atoms with Gasteiger partial charge in [-0.2, -0.15) is 0 Å². The lowest BCUT2D eigenvalue weighted by Gasteiger charge is -2.17. The predicted molar refractivity (Wildman–Crippen MR) is 165 cm³/mol. The summed E-state index contributed by atoms with van der Waals surface area (Å²) in [7, 11) is 0. The molecule has 210 valence electrons. The van der Waals surface area contributed by atoms with Crippen LogP contribution in [-0.4, -0.2) is 19.6 Å². The summed E-state index contributed by atoms with van der Waals surface area (Å²) >= 11 is 6.35. The number of ether oxygens (including phenoxy) is 1. The molecule has 6 aromatic rings. The lowest BCUT2D eigenvalue weighted by molar-refractivity contribution is 0.306. The summed E-state index contributed by atoms with van der Waals surface area (Å²) in [4.78, 5) is 28.2. The minimum atomic E-state index is -0.670. The zero-order chi connectivity index (χ0) is 29.2. The summed E-state index contributed by atoms with van der Waals surface area (Å²) in [6.45, 7) is 4.00. The van der Waals surface area contributed by atoms with Crippen LogP contribution >= 0.6 is 11.6 Å². The van der Waals surface area contributed by atoms with E-state index in [-0.39, 0.29) is 17.7 Å². The second kappa shape index (κ2) is 11.5. The van der Waals surface area contributed by atoms with Crippen LogP contribution in [0.25, 0.3) is 11.4 Å². The van der Waals surface area contributed by atoms with Gasteiger partial charge < -0.3 is 4.74 Å². The molecule has 0 spiro atoms. The van der Waals surface area contributed by atoms with Crippen molar-refractivity contribution < 1.29 is 4.74 Å². The fraction of sp³-hybridized carbons (Fsp3) is 0.118. The third kappa shape index (κ3) is 5.10. The number of hydrogen-bond acceptors (Lipinski definition) is 3. The quantitative estimate of drug-likeness (QED) is 0.212. The highest BCUT2D eigenvalue weighted by atomic mass is 35.5. The molecule has 2 heterocycles. The van der Waals surface area contributed by atoms with Gasteiger partial charge in [-0.05, 0) is 61.9 Å². The van der Waals surface area contributed by atoms with Crippen molar-refractivity contribution in [2.45, 2.75) is 26.4 Å². The summed E-state index contributed by atoms with van der Waals surface area (Å²) in [5, 5.41) is 7.09. The molecule has 0 fully saturated rings. The first kappa shape index (κ1) is 27.2. The van der Waals surface area contributed by atoms with Crippen LogP contribution in [0, 0.1) is 13.8 Å². The Morgan fingerprint density at radius 1 is 0.690 bits per heavy atom. The third-order valence-corrected chi connectivity index (χ3v) is 7.75. The number of benzene rings is 4. The highest BCUT2D eigenvalue weighted by molar-refractivity contribution is 6.31. The number of nitrogens with zero attached hydrogens (tertiary/aromatic N) is 2. The molecule has 7 nitrogen and oxygen atoms in total. The highest BCUT2D eigenvalue weighted by Gasteiger charge is 2.31. The normalized spacial score (nSPS) is 11.2. The molecule has 6 rings (SSSR count). The van der Waals surface area contributed by atoms with Gasteiger partial charge in [-0.3, -0.25) is 19.8 Å². The molecule has 42 heavy (non-hydrogen) atoms. The molecule has 0 atom stereocenters. The lowest BCUT2D eigenvalue weighted by Crippen LogP contribution is -2.25. The minimum Gasteiger partial charge on any atom is -0.489 e. The molecule has 0 saturated carbocycles. The Morgan fingerprint density at radius 2 is 1.21 bits per heavy atom. The summed E-state index contributed by atoms with van der Waals surface area (Å²) in [6.07, 6.45) is 0. The maximum Gasteiger partial charge on any atom is 0.275 e. The van der Waals surface area contributed by atoms with Crippen molar-refractivity contribution in [1.29, 1.82) is 0 Å². The van der Waals surface area contributed by atoms with Crippen LogP contribution in [0.3, 0.4) is 0 Å². The zero-order valence-corrected chi connectivity index (χ0v) is 23.9. The molecule has 0 amide bonds. The van der Waals surface area contributed by atoms with E-state index in [1.165, 1.54) is 9.36 Å². The Hall–Kier alpha value is -5.01. The predicted octanol–water partition coefficient (Wildman–Crippen LogP) is 6.67. The second-order valence-electron chi connectivity index (χ2n) is 10.1. The van der Waals surface area contributed by atoms with Crippen molar-refractivity contribution in [1.82, 2.24) is 19.6 Å². The van der Waals surface area contributed by atoms with Crippen molar-refractivity contribution in [3.63, 3.8) is 0 Å². The number of halogens is 1. The van der Waals surface area contributed by atoms with E-state index < -0.39 is 5.92 Å². The van der Waals surface area contributed by atoms with E-state index in [0.717, 1.165) is 11.1 Å². The van der Waals surface area contributed by atoms with E-state index in [4.69, 9.17) is 16.3 Å². The Balaban J connectivity index is 1.50. The van der Waals surface area contributed by atoms with Gasteiger partial charge in [0.1, 0.15) is 12.4 Å². The van der Waals surface area contributed by atoms with Crippen LogP contribution in [0.1, 0.15) is 39.6 Å². The Kier molecular flexibility index (Phi) is 7.42. The molecule has 0 bridgehead atoms. The fourth-order valence-corrected chi connectivity index (χ4v) is 5.55. The first-order chi connectivity index (χ1) is 20.4. The average molecular weight is 577 g/mol. The summed E-state index contributed by atoms with van der Waals surface area (Å²) in [5.74, 6) is -0.0677. The van der Waals surface area contributed by atoms with Gasteiger partial charge in [0.25, 0.3) is 11.1 Å². The van der Waals surface area contributed by atoms with Gasteiger partial charge >= 0.3 is 0 Å². The fourth-order valence-electron chi connectivity index (χ4n) is 5.35. The molecule has 8 heteroatoms. The van der Waals surface area contributed by atoms with Crippen LogP contribution in [-0.2, 0) is 6.61 Å². The van der Waals surface area contributed by atoms with E-state index in [1.54, 1.807) is 0 Å². The molecule has 2 N–H and O–H groups in total. The largest absolute Gasteiger partial charge is 0.489 e. The van der Waals surface area contributed by atoms with E-state index in [0.29, 0.717) is 44.7 Å². The molecule has 0 aliphatic rings. The molecular weight excluding hydrogens is 548 g/mol. The number of aromatic nitrogens is 4. The average Bonchev–Trinajstić information content (AvgIpc) is 3.48. The van der Waals surface area contributed by atoms with Crippen LogP contribution in [0.5, 0.6) is 5.75 Å². The van der Waals surface area contributed by atoms with Crippen molar-refractivity contribution in [2.75, 3.05) is 0 Å². The van der Waals surface area contributed by atoms with Gasteiger partial charge in [0.05, 0.1) is 22.5 Å². The number of hydrogen-bond donors (Lipinski definition) is 2. The Bertz CT molecular complexity index is 1870. The molecule has 0 aliphatic carbocycles. The number of H-pyrrole nitrogens is 2. The van der Waals surface area contributed by atoms with Crippen LogP contribution < -0.4 is 15.9 Å². The van der Waals surface area contributed by atoms with Gasteiger partial charge in [-0.25, -0.2) is 9.36 Å². The number of nitrogens with one attached hydrogen (secondary N) is 2. The summed E-state index contributed by atoms with van der Waals surface area (Å²) in [5.41, 5.74) is 4.90. The second-order valence-corrected chi connectivity index (χ2v) is 10.5. The standard InChI is InChI=1S/C34H29ClN4O3/c1-22-30(33(40)38(36-22)26-14-5-3-6-15-26)32(31-23(2)37-39(34(31)41)27-16-7-4-8-17-27)24-13-11-18-28(20-24)42-21-25-12-9-10-19-29(25)35/h3-20,32,36-37H,21H2,1-2H3. The van der Waals surface area contributed by atoms with Crippen LogP contribution in [0.2, 0.25) is 5.02 Å². The van der Waals surface area contributed by atoms with Gasteiger partial charge in [-0.15, -0.1) is 0 Å². The van der Waals surface area contributed by atoms with E-state index in [9.17, 15) is 9.59 Å². The highest BCUT2D eigenvalue weighted by Crippen LogP contribution is 2.34. The van der Waals surface area contributed by atoms with Crippen LogP contribution in [0.4, 0.5) is 0 Å². The molecule has 0 radical (unpaired) electrons. The number of aromatic amines is 2. The molecule has 0 unspecified atom stereocenters. The van der Waals surface area contributed by atoms with Gasteiger partial charge in [0.2, 0.25) is 0 Å². The number of aryl methyl sites for hydroxylation is 2. The smallest absolute Gasteiger partial charge is 0.275 e. The molecule has 4 aromatic carbocycles. The maximum atomic E-state index is 14.1.